The van der Waals surface area contributed by atoms with Crippen LogP contribution in [0.15, 0.2) is 36.9 Å². The van der Waals surface area contributed by atoms with Crippen LogP contribution in [0.4, 0.5) is 4.79 Å². The molecular weight excluding hydrogens is 264 g/mol. The quantitative estimate of drug-likeness (QED) is 0.397. The molecule has 0 heterocycles. The molecule has 0 N–H and O–H groups in total. The highest BCUT2D eigenvalue weighted by Gasteiger charge is 2.17. The van der Waals surface area contributed by atoms with Gasteiger partial charge in [0.05, 0.1) is 6.61 Å². The minimum atomic E-state index is -0.629. The van der Waals surface area contributed by atoms with Crippen LogP contribution in [0.3, 0.4) is 0 Å². The molecule has 0 saturated carbocycles. The van der Waals surface area contributed by atoms with Crippen molar-refractivity contribution >= 4 is 6.16 Å². The minimum absolute atomic E-state index is 0.187. The predicted molar refractivity (Wildman–Crippen MR) is 85.6 cm³/mol. The van der Waals surface area contributed by atoms with E-state index in [1.165, 1.54) is 17.2 Å². The maximum absolute atomic E-state index is 11.1. The SMILES string of the molecule is C=CCOC(=O)OCCCc1cccc(C(C)(C)CC)c1. The number of hydrogen-bond acceptors (Lipinski definition) is 3. The Morgan fingerprint density at radius 3 is 2.76 bits per heavy atom. The van der Waals surface area contributed by atoms with Gasteiger partial charge in [0.1, 0.15) is 6.61 Å². The van der Waals surface area contributed by atoms with E-state index in [1.54, 1.807) is 0 Å². The zero-order chi connectivity index (χ0) is 15.7. The van der Waals surface area contributed by atoms with Crippen LogP contribution in [0.1, 0.15) is 44.7 Å². The molecule has 0 aliphatic carbocycles. The van der Waals surface area contributed by atoms with Gasteiger partial charge in [-0.05, 0) is 35.8 Å². The normalized spacial score (nSPS) is 11.0. The molecule has 3 nitrogen and oxygen atoms in total. The number of hydrogen-bond donors (Lipinski definition) is 0. The molecule has 0 unspecified atom stereocenters. The number of rotatable bonds is 8. The molecule has 0 aromatic heterocycles. The van der Waals surface area contributed by atoms with Crippen LogP contribution >= 0.6 is 0 Å². The first kappa shape index (κ1) is 17.3. The van der Waals surface area contributed by atoms with Crippen LogP contribution in [-0.2, 0) is 21.3 Å². The van der Waals surface area contributed by atoms with Gasteiger partial charge in [-0.2, -0.15) is 0 Å². The van der Waals surface area contributed by atoms with E-state index in [9.17, 15) is 4.79 Å². The Balaban J connectivity index is 2.41. The van der Waals surface area contributed by atoms with E-state index in [1.807, 2.05) is 0 Å². The van der Waals surface area contributed by atoms with Crippen molar-refractivity contribution in [3.8, 4) is 0 Å². The third kappa shape index (κ3) is 6.03. The second-order valence-electron chi connectivity index (χ2n) is 5.74. The molecule has 0 aliphatic rings. The van der Waals surface area contributed by atoms with E-state index in [2.05, 4.69) is 51.6 Å². The highest BCUT2D eigenvalue weighted by Crippen LogP contribution is 2.27. The lowest BCUT2D eigenvalue weighted by atomic mass is 9.81. The molecule has 1 aromatic carbocycles. The van der Waals surface area contributed by atoms with Gasteiger partial charge in [0, 0.05) is 0 Å². The Bertz CT molecular complexity index is 463. The van der Waals surface area contributed by atoms with E-state index >= 15 is 0 Å². The first-order chi connectivity index (χ1) is 9.99. The summed E-state index contributed by atoms with van der Waals surface area (Å²) in [6, 6.07) is 8.64. The van der Waals surface area contributed by atoms with Crippen LogP contribution in [-0.4, -0.2) is 19.4 Å². The topological polar surface area (TPSA) is 35.5 Å². The molecule has 0 atom stereocenters. The molecule has 0 bridgehead atoms. The zero-order valence-corrected chi connectivity index (χ0v) is 13.4. The number of benzene rings is 1. The molecule has 0 amide bonds. The zero-order valence-electron chi connectivity index (χ0n) is 13.4. The molecular formula is C18H26O3. The molecule has 1 rings (SSSR count). The molecule has 0 aliphatic heterocycles. The first-order valence-corrected chi connectivity index (χ1v) is 7.49. The third-order valence-electron chi connectivity index (χ3n) is 3.74. The van der Waals surface area contributed by atoms with Gasteiger partial charge in [0.2, 0.25) is 0 Å². The van der Waals surface area contributed by atoms with E-state index in [-0.39, 0.29) is 12.0 Å². The molecule has 116 valence electrons. The van der Waals surface area contributed by atoms with Gasteiger partial charge in [0.25, 0.3) is 0 Å². The lowest BCUT2D eigenvalue weighted by molar-refractivity contribution is 0.0625. The van der Waals surface area contributed by atoms with Crippen molar-refractivity contribution in [2.24, 2.45) is 0 Å². The summed E-state index contributed by atoms with van der Waals surface area (Å²) in [5.41, 5.74) is 2.83. The van der Waals surface area contributed by atoms with Crippen molar-refractivity contribution in [1.29, 1.82) is 0 Å². The molecule has 0 saturated heterocycles. The van der Waals surface area contributed by atoms with Crippen molar-refractivity contribution < 1.29 is 14.3 Å². The summed E-state index contributed by atoms with van der Waals surface area (Å²) in [5, 5.41) is 0. The van der Waals surface area contributed by atoms with Crippen LogP contribution in [0.5, 0.6) is 0 Å². The lowest BCUT2D eigenvalue weighted by Crippen LogP contribution is -2.15. The number of carbonyl (C=O) groups is 1. The average molecular weight is 290 g/mol. The van der Waals surface area contributed by atoms with Crippen molar-refractivity contribution in [3.05, 3.63) is 48.0 Å². The van der Waals surface area contributed by atoms with Crippen molar-refractivity contribution in [2.75, 3.05) is 13.2 Å². The molecule has 0 spiro atoms. The molecule has 1 aromatic rings. The Kier molecular flexibility index (Phi) is 7.00. The van der Waals surface area contributed by atoms with Crippen molar-refractivity contribution in [1.82, 2.24) is 0 Å². The van der Waals surface area contributed by atoms with Gasteiger partial charge in [-0.1, -0.05) is 57.7 Å². The summed E-state index contributed by atoms with van der Waals surface area (Å²) in [6.07, 6.45) is 3.68. The number of aryl methyl sites for hydroxylation is 1. The Morgan fingerprint density at radius 1 is 1.33 bits per heavy atom. The predicted octanol–water partition coefficient (Wildman–Crippen LogP) is 4.65. The molecule has 0 fully saturated rings. The van der Waals surface area contributed by atoms with Crippen LogP contribution in [0.25, 0.3) is 0 Å². The first-order valence-electron chi connectivity index (χ1n) is 7.49. The number of ether oxygens (including phenoxy) is 2. The molecule has 0 radical (unpaired) electrons. The summed E-state index contributed by atoms with van der Waals surface area (Å²) >= 11 is 0. The second-order valence-corrected chi connectivity index (χ2v) is 5.74. The minimum Gasteiger partial charge on any atom is -0.434 e. The van der Waals surface area contributed by atoms with Gasteiger partial charge in [-0.3, -0.25) is 0 Å². The Labute approximate surface area is 128 Å². The largest absolute Gasteiger partial charge is 0.508 e. The maximum Gasteiger partial charge on any atom is 0.508 e. The monoisotopic (exact) mass is 290 g/mol. The van der Waals surface area contributed by atoms with Gasteiger partial charge >= 0.3 is 6.16 Å². The Morgan fingerprint density at radius 2 is 2.10 bits per heavy atom. The summed E-state index contributed by atoms with van der Waals surface area (Å²) in [5.74, 6) is 0. The summed E-state index contributed by atoms with van der Waals surface area (Å²) in [4.78, 5) is 11.1. The maximum atomic E-state index is 11.1. The van der Waals surface area contributed by atoms with Gasteiger partial charge < -0.3 is 9.47 Å². The number of carbonyl (C=O) groups excluding carboxylic acids is 1. The van der Waals surface area contributed by atoms with E-state index in [4.69, 9.17) is 9.47 Å². The fourth-order valence-corrected chi connectivity index (χ4v) is 1.95. The van der Waals surface area contributed by atoms with Crippen LogP contribution in [0.2, 0.25) is 0 Å². The van der Waals surface area contributed by atoms with E-state index in [0.717, 1.165) is 19.3 Å². The van der Waals surface area contributed by atoms with Gasteiger partial charge in [-0.25, -0.2) is 4.79 Å². The molecule has 21 heavy (non-hydrogen) atoms. The van der Waals surface area contributed by atoms with Crippen LogP contribution < -0.4 is 0 Å². The van der Waals surface area contributed by atoms with E-state index in [0.29, 0.717) is 6.61 Å². The average Bonchev–Trinajstić information content (AvgIpc) is 2.49. The summed E-state index contributed by atoms with van der Waals surface area (Å²) < 4.78 is 9.72. The van der Waals surface area contributed by atoms with Crippen molar-refractivity contribution in [2.45, 2.75) is 45.4 Å². The van der Waals surface area contributed by atoms with Crippen molar-refractivity contribution in [3.63, 3.8) is 0 Å². The highest BCUT2D eigenvalue weighted by molar-refractivity contribution is 5.59. The molecule has 3 heteroatoms. The van der Waals surface area contributed by atoms with Gasteiger partial charge in [0.15, 0.2) is 0 Å². The lowest BCUT2D eigenvalue weighted by Gasteiger charge is -2.23. The third-order valence-corrected chi connectivity index (χ3v) is 3.74. The van der Waals surface area contributed by atoms with E-state index < -0.39 is 6.16 Å². The fraction of sp³-hybridized carbons (Fsp3) is 0.500. The summed E-state index contributed by atoms with van der Waals surface area (Å²) in [7, 11) is 0. The highest BCUT2D eigenvalue weighted by atomic mass is 16.7. The standard InChI is InChI=1S/C18H26O3/c1-5-12-20-17(19)21-13-8-10-15-9-7-11-16(14-15)18(3,4)6-2/h5,7,9,11,14H,1,6,8,10,12-13H2,2-4H3. The smallest absolute Gasteiger partial charge is 0.434 e. The van der Waals surface area contributed by atoms with Gasteiger partial charge in [-0.15, -0.1) is 0 Å². The summed E-state index contributed by atoms with van der Waals surface area (Å²) in [6.45, 7) is 10.7. The fourth-order valence-electron chi connectivity index (χ4n) is 1.95. The second kappa shape index (κ2) is 8.50. The van der Waals surface area contributed by atoms with Crippen LogP contribution in [0, 0.1) is 0 Å². The Hall–Kier alpha value is -1.77.